The molecule has 0 spiro atoms. The average Bonchev–Trinajstić information content (AvgIpc) is 3.19. The molecule has 0 aliphatic carbocycles. The number of fused-ring (bicyclic) bond motifs is 2. The Bertz CT molecular complexity index is 1540. The van der Waals surface area contributed by atoms with Gasteiger partial charge < -0.3 is 4.57 Å². The molecule has 6 nitrogen and oxygen atoms in total. The molecular formula is C28H25N5OS. The standard InChI is InChI=1S/C28H25N5OS/c1-19-13-20(2)31-28(30-19)35-18-27(34)32-29-15-24-17-33(26-10-6-5-9-25(24)26)16-21-11-12-22-7-3-4-8-23(22)14-21/h3-15,17H,16,18H2,1-2H3,(H,32,34)/b29-15-. The Labute approximate surface area is 208 Å². The van der Waals surface area contributed by atoms with Crippen LogP contribution in [0.15, 0.2) is 89.3 Å². The molecular weight excluding hydrogens is 454 g/mol. The summed E-state index contributed by atoms with van der Waals surface area (Å²) >= 11 is 1.30. The van der Waals surface area contributed by atoms with Crippen molar-refractivity contribution in [3.8, 4) is 0 Å². The Morgan fingerprint density at radius 3 is 2.54 bits per heavy atom. The number of hydrogen-bond acceptors (Lipinski definition) is 5. The number of carbonyl (C=O) groups is 1. The Morgan fingerprint density at radius 1 is 0.971 bits per heavy atom. The number of amides is 1. The van der Waals surface area contributed by atoms with Crippen LogP contribution in [-0.4, -0.2) is 32.4 Å². The van der Waals surface area contributed by atoms with Gasteiger partial charge in [-0.15, -0.1) is 0 Å². The predicted molar refractivity (Wildman–Crippen MR) is 143 cm³/mol. The monoisotopic (exact) mass is 479 g/mol. The first kappa shape index (κ1) is 22.8. The second-order valence-electron chi connectivity index (χ2n) is 8.43. The van der Waals surface area contributed by atoms with E-state index in [0.717, 1.165) is 34.4 Å². The third-order valence-corrected chi connectivity index (χ3v) is 6.52. The molecule has 0 saturated carbocycles. The minimum atomic E-state index is -0.200. The lowest BCUT2D eigenvalue weighted by atomic mass is 10.1. The Hall–Kier alpha value is -3.97. The van der Waals surface area contributed by atoms with E-state index in [9.17, 15) is 4.79 Å². The summed E-state index contributed by atoms with van der Waals surface area (Å²) in [5.41, 5.74) is 7.70. The molecule has 2 aromatic heterocycles. The molecule has 5 aromatic rings. The van der Waals surface area contributed by atoms with Crippen LogP contribution in [0.5, 0.6) is 0 Å². The highest BCUT2D eigenvalue weighted by Gasteiger charge is 2.09. The van der Waals surface area contributed by atoms with Crippen LogP contribution in [0.4, 0.5) is 0 Å². The minimum Gasteiger partial charge on any atom is -0.342 e. The number of aryl methyl sites for hydroxylation is 2. The Morgan fingerprint density at radius 2 is 1.71 bits per heavy atom. The summed E-state index contributed by atoms with van der Waals surface area (Å²) in [7, 11) is 0. The van der Waals surface area contributed by atoms with Crippen LogP contribution in [0.25, 0.3) is 21.7 Å². The van der Waals surface area contributed by atoms with Gasteiger partial charge in [-0.05, 0) is 48.4 Å². The fraction of sp³-hybridized carbons (Fsp3) is 0.143. The summed E-state index contributed by atoms with van der Waals surface area (Å²) < 4.78 is 2.22. The molecule has 1 amide bonds. The van der Waals surface area contributed by atoms with Gasteiger partial charge in [-0.3, -0.25) is 4.79 Å². The molecule has 2 heterocycles. The molecule has 174 valence electrons. The number of thioether (sulfide) groups is 1. The molecule has 35 heavy (non-hydrogen) atoms. The molecule has 0 atom stereocenters. The van der Waals surface area contributed by atoms with Crippen LogP contribution in [0, 0.1) is 13.8 Å². The van der Waals surface area contributed by atoms with Gasteiger partial charge in [0.05, 0.1) is 12.0 Å². The van der Waals surface area contributed by atoms with E-state index in [1.807, 2.05) is 32.0 Å². The highest BCUT2D eigenvalue weighted by Crippen LogP contribution is 2.23. The summed E-state index contributed by atoms with van der Waals surface area (Å²) in [5.74, 6) is -0.00171. The van der Waals surface area contributed by atoms with Gasteiger partial charge in [-0.2, -0.15) is 5.10 Å². The lowest BCUT2D eigenvalue weighted by molar-refractivity contribution is -0.118. The average molecular weight is 480 g/mol. The van der Waals surface area contributed by atoms with E-state index in [2.05, 4.69) is 85.9 Å². The predicted octanol–water partition coefficient (Wildman–Crippen LogP) is 5.49. The number of carbonyl (C=O) groups excluding carboxylic acids is 1. The van der Waals surface area contributed by atoms with E-state index in [0.29, 0.717) is 5.16 Å². The third-order valence-electron chi connectivity index (χ3n) is 5.67. The Balaban J connectivity index is 1.29. The zero-order valence-electron chi connectivity index (χ0n) is 19.6. The number of nitrogens with zero attached hydrogens (tertiary/aromatic N) is 4. The smallest absolute Gasteiger partial charge is 0.250 e. The van der Waals surface area contributed by atoms with Gasteiger partial charge in [-0.25, -0.2) is 15.4 Å². The molecule has 0 radical (unpaired) electrons. The van der Waals surface area contributed by atoms with Crippen molar-refractivity contribution in [2.24, 2.45) is 5.10 Å². The van der Waals surface area contributed by atoms with E-state index in [4.69, 9.17) is 0 Å². The van der Waals surface area contributed by atoms with Crippen molar-refractivity contribution in [1.29, 1.82) is 0 Å². The molecule has 0 aliphatic rings. The number of hydrogen-bond donors (Lipinski definition) is 1. The number of benzene rings is 3. The first-order chi connectivity index (χ1) is 17.0. The zero-order valence-corrected chi connectivity index (χ0v) is 20.4. The van der Waals surface area contributed by atoms with Gasteiger partial charge in [-0.1, -0.05) is 66.4 Å². The summed E-state index contributed by atoms with van der Waals surface area (Å²) in [6.07, 6.45) is 3.78. The first-order valence-corrected chi connectivity index (χ1v) is 12.4. The van der Waals surface area contributed by atoms with Gasteiger partial charge in [0, 0.05) is 40.6 Å². The van der Waals surface area contributed by atoms with E-state index in [-0.39, 0.29) is 11.7 Å². The van der Waals surface area contributed by atoms with Gasteiger partial charge in [0.25, 0.3) is 5.91 Å². The van der Waals surface area contributed by atoms with Gasteiger partial charge in [0.1, 0.15) is 0 Å². The third kappa shape index (κ3) is 5.41. The van der Waals surface area contributed by atoms with Gasteiger partial charge >= 0.3 is 0 Å². The fourth-order valence-corrected chi connectivity index (χ4v) is 4.88. The maximum absolute atomic E-state index is 12.3. The van der Waals surface area contributed by atoms with Gasteiger partial charge in [0.15, 0.2) is 5.16 Å². The SMILES string of the molecule is Cc1cc(C)nc(SCC(=O)N/N=C\c2cn(Cc3ccc4ccccc4c3)c3ccccc23)n1. The van der Waals surface area contributed by atoms with Crippen molar-refractivity contribution in [1.82, 2.24) is 20.0 Å². The summed E-state index contributed by atoms with van der Waals surface area (Å²) in [4.78, 5) is 21.0. The topological polar surface area (TPSA) is 72.2 Å². The number of nitrogens with one attached hydrogen (secondary N) is 1. The highest BCUT2D eigenvalue weighted by atomic mass is 32.2. The maximum atomic E-state index is 12.3. The second-order valence-corrected chi connectivity index (χ2v) is 9.37. The van der Waals surface area contributed by atoms with E-state index in [1.165, 1.54) is 28.1 Å². The molecule has 5 rings (SSSR count). The molecule has 0 unspecified atom stereocenters. The second kappa shape index (κ2) is 10.1. The van der Waals surface area contributed by atoms with E-state index < -0.39 is 0 Å². The highest BCUT2D eigenvalue weighted by molar-refractivity contribution is 7.99. The fourth-order valence-electron chi connectivity index (χ4n) is 4.14. The summed E-state index contributed by atoms with van der Waals surface area (Å²) in [6, 6.07) is 25.1. The van der Waals surface area contributed by atoms with Crippen LogP contribution in [-0.2, 0) is 11.3 Å². The maximum Gasteiger partial charge on any atom is 0.250 e. The van der Waals surface area contributed by atoms with Crippen LogP contribution in [0.1, 0.15) is 22.5 Å². The molecule has 0 aliphatic heterocycles. The van der Waals surface area contributed by atoms with Crippen molar-refractivity contribution < 1.29 is 4.79 Å². The number of para-hydroxylation sites is 1. The van der Waals surface area contributed by atoms with Gasteiger partial charge in [0.2, 0.25) is 0 Å². The number of rotatable bonds is 7. The molecule has 0 fully saturated rings. The summed E-state index contributed by atoms with van der Waals surface area (Å²) in [6.45, 7) is 4.58. The molecule has 3 aromatic carbocycles. The number of hydrazone groups is 1. The van der Waals surface area contributed by atoms with Crippen molar-refractivity contribution >= 4 is 45.6 Å². The van der Waals surface area contributed by atoms with E-state index >= 15 is 0 Å². The van der Waals surface area contributed by atoms with Crippen molar-refractivity contribution in [2.45, 2.75) is 25.5 Å². The Kier molecular flexibility index (Phi) is 6.59. The van der Waals surface area contributed by atoms with Crippen LogP contribution in [0.2, 0.25) is 0 Å². The van der Waals surface area contributed by atoms with Crippen molar-refractivity contribution in [3.63, 3.8) is 0 Å². The summed E-state index contributed by atoms with van der Waals surface area (Å²) in [5, 5.41) is 8.36. The lowest BCUT2D eigenvalue weighted by Gasteiger charge is -2.07. The largest absolute Gasteiger partial charge is 0.342 e. The molecule has 0 bridgehead atoms. The zero-order chi connectivity index (χ0) is 24.2. The lowest BCUT2D eigenvalue weighted by Crippen LogP contribution is -2.19. The molecule has 7 heteroatoms. The van der Waals surface area contributed by atoms with Crippen LogP contribution >= 0.6 is 11.8 Å². The quantitative estimate of drug-likeness (QED) is 0.145. The van der Waals surface area contributed by atoms with Crippen LogP contribution in [0.3, 0.4) is 0 Å². The van der Waals surface area contributed by atoms with E-state index in [1.54, 1.807) is 6.21 Å². The number of aromatic nitrogens is 3. The first-order valence-electron chi connectivity index (χ1n) is 11.4. The minimum absolute atomic E-state index is 0.198. The van der Waals surface area contributed by atoms with Crippen LogP contribution < -0.4 is 5.43 Å². The van der Waals surface area contributed by atoms with Crippen molar-refractivity contribution in [3.05, 3.63) is 102 Å². The normalized spacial score (nSPS) is 11.5. The molecule has 0 saturated heterocycles. The van der Waals surface area contributed by atoms with Crippen molar-refractivity contribution in [2.75, 3.05) is 5.75 Å². The molecule has 1 N–H and O–H groups in total.